The van der Waals surface area contributed by atoms with Gasteiger partial charge in [0.1, 0.15) is 11.0 Å². The minimum absolute atomic E-state index is 0.0351. The van der Waals surface area contributed by atoms with Gasteiger partial charge >= 0.3 is 17.3 Å². The van der Waals surface area contributed by atoms with Gasteiger partial charge in [-0.15, -0.1) is 0 Å². The van der Waals surface area contributed by atoms with Crippen LogP contribution in [0.3, 0.4) is 0 Å². The van der Waals surface area contributed by atoms with E-state index in [4.69, 9.17) is 5.11 Å². The average Bonchev–Trinajstić information content (AvgIpc) is 2.53. The quantitative estimate of drug-likeness (QED) is 0.341. The summed E-state index contributed by atoms with van der Waals surface area (Å²) in [5, 5.41) is 21.9. The highest BCUT2D eigenvalue weighted by molar-refractivity contribution is 5.81. The molecule has 25 heavy (non-hydrogen) atoms. The van der Waals surface area contributed by atoms with E-state index in [1.54, 1.807) is 0 Å². The number of aromatic nitrogens is 3. The molecule has 0 aliphatic heterocycles. The maximum absolute atomic E-state index is 12.4. The summed E-state index contributed by atoms with van der Waals surface area (Å²) in [6, 6.07) is 0. The number of carboxylic acids is 1. The van der Waals surface area contributed by atoms with E-state index in [0.717, 1.165) is 11.6 Å². The van der Waals surface area contributed by atoms with Crippen molar-refractivity contribution in [1.29, 1.82) is 0 Å². The van der Waals surface area contributed by atoms with Gasteiger partial charge in [-0.25, -0.2) is 4.79 Å². The molecule has 0 bridgehead atoms. The Labute approximate surface area is 138 Å². The number of nitro groups is 1. The number of carboxylic acid groups (broad SMARTS) is 1. The molecule has 2 heterocycles. The lowest BCUT2D eigenvalue weighted by molar-refractivity contribution is -0.385. The number of fused-ring (bicyclic) bond motifs is 1. The van der Waals surface area contributed by atoms with Gasteiger partial charge in [-0.3, -0.25) is 33.6 Å². The first-order valence-corrected chi connectivity index (χ1v) is 7.12. The summed E-state index contributed by atoms with van der Waals surface area (Å²) >= 11 is 0. The van der Waals surface area contributed by atoms with E-state index in [9.17, 15) is 29.3 Å². The van der Waals surface area contributed by atoms with Gasteiger partial charge in [0.05, 0.1) is 4.92 Å². The number of aliphatic carboxylic acids is 1. The molecule has 0 aliphatic carbocycles. The zero-order valence-corrected chi connectivity index (χ0v) is 13.4. The number of hydrogen-bond acceptors (Lipinski definition) is 7. The van der Waals surface area contributed by atoms with Crippen LogP contribution in [0.1, 0.15) is 12.8 Å². The van der Waals surface area contributed by atoms with Crippen molar-refractivity contribution in [1.82, 2.24) is 14.1 Å². The van der Waals surface area contributed by atoms with Crippen molar-refractivity contribution in [2.75, 3.05) is 11.9 Å². The van der Waals surface area contributed by atoms with Crippen molar-refractivity contribution >= 4 is 28.5 Å². The predicted octanol–water partition coefficient (Wildman–Crippen LogP) is -0.890. The Morgan fingerprint density at radius 2 is 1.92 bits per heavy atom. The Hall–Kier alpha value is -3.44. The van der Waals surface area contributed by atoms with E-state index in [0.29, 0.717) is 4.57 Å². The fraction of sp³-hybridized carbons (Fsp3) is 0.385. The van der Waals surface area contributed by atoms with Crippen LogP contribution >= 0.6 is 0 Å². The number of pyridine rings is 1. The van der Waals surface area contributed by atoms with Crippen molar-refractivity contribution < 1.29 is 14.8 Å². The van der Waals surface area contributed by atoms with Gasteiger partial charge in [-0.05, 0) is 6.42 Å². The van der Waals surface area contributed by atoms with E-state index < -0.39 is 38.6 Å². The zero-order chi connectivity index (χ0) is 18.9. The van der Waals surface area contributed by atoms with E-state index in [1.807, 2.05) is 0 Å². The second kappa shape index (κ2) is 6.59. The number of aromatic amines is 1. The fourth-order valence-corrected chi connectivity index (χ4v) is 2.36. The maximum Gasteiger partial charge on any atom is 0.357 e. The standard InChI is InChI=1S/C13H15N5O7/c1-16-11-7(12(22)17(2)13(16)23)9(21)8(18(24)25)10(15-11)14-5-3-4-6(19)20/h3-5H2,1-2H3,(H,19,20)(H2,14,15,21). The number of nitrogens with one attached hydrogen (secondary N) is 2. The summed E-state index contributed by atoms with van der Waals surface area (Å²) in [4.78, 5) is 59.9. The number of H-pyrrole nitrogens is 1. The third-order valence-electron chi connectivity index (χ3n) is 3.64. The molecule has 0 atom stereocenters. The van der Waals surface area contributed by atoms with Crippen LogP contribution in [0.5, 0.6) is 0 Å². The molecule has 12 nitrogen and oxygen atoms in total. The predicted molar refractivity (Wildman–Crippen MR) is 87.1 cm³/mol. The lowest BCUT2D eigenvalue weighted by Crippen LogP contribution is -2.39. The second-order valence-corrected chi connectivity index (χ2v) is 5.29. The molecule has 0 aromatic carbocycles. The minimum Gasteiger partial charge on any atom is -0.481 e. The van der Waals surface area contributed by atoms with Crippen LogP contribution in [-0.4, -0.2) is 36.7 Å². The molecule has 0 saturated heterocycles. The van der Waals surface area contributed by atoms with Crippen LogP contribution in [0.4, 0.5) is 11.5 Å². The normalized spacial score (nSPS) is 10.8. The highest BCUT2D eigenvalue weighted by atomic mass is 16.6. The van der Waals surface area contributed by atoms with Crippen molar-refractivity contribution in [3.63, 3.8) is 0 Å². The smallest absolute Gasteiger partial charge is 0.357 e. The van der Waals surface area contributed by atoms with E-state index in [-0.39, 0.29) is 30.9 Å². The molecule has 2 aromatic rings. The van der Waals surface area contributed by atoms with Crippen LogP contribution in [0.15, 0.2) is 14.4 Å². The van der Waals surface area contributed by atoms with Gasteiger partial charge in [0.25, 0.3) is 11.0 Å². The molecular weight excluding hydrogens is 338 g/mol. The number of anilines is 1. The van der Waals surface area contributed by atoms with Crippen LogP contribution in [0.25, 0.3) is 11.0 Å². The van der Waals surface area contributed by atoms with Crippen molar-refractivity contribution in [2.24, 2.45) is 14.1 Å². The third-order valence-corrected chi connectivity index (χ3v) is 3.64. The monoisotopic (exact) mass is 353 g/mol. The Morgan fingerprint density at radius 1 is 1.28 bits per heavy atom. The van der Waals surface area contributed by atoms with E-state index in [1.165, 1.54) is 7.05 Å². The van der Waals surface area contributed by atoms with Gasteiger partial charge in [-0.1, -0.05) is 0 Å². The zero-order valence-electron chi connectivity index (χ0n) is 13.4. The van der Waals surface area contributed by atoms with E-state index in [2.05, 4.69) is 10.3 Å². The summed E-state index contributed by atoms with van der Waals surface area (Å²) in [7, 11) is 2.47. The molecule has 2 aromatic heterocycles. The Kier molecular flexibility index (Phi) is 4.72. The largest absolute Gasteiger partial charge is 0.481 e. The molecule has 12 heteroatoms. The Morgan fingerprint density at radius 3 is 2.48 bits per heavy atom. The number of aryl methyl sites for hydroxylation is 1. The first kappa shape index (κ1) is 17.9. The molecule has 0 spiro atoms. The molecule has 0 amide bonds. The molecule has 0 saturated carbocycles. The fourth-order valence-electron chi connectivity index (χ4n) is 2.36. The molecule has 0 unspecified atom stereocenters. The topological polar surface area (TPSA) is 169 Å². The molecule has 0 fully saturated rings. The summed E-state index contributed by atoms with van der Waals surface area (Å²) in [5.41, 5.74) is -3.82. The highest BCUT2D eigenvalue weighted by Gasteiger charge is 2.26. The summed E-state index contributed by atoms with van der Waals surface area (Å²) in [6.45, 7) is 0.0351. The lowest BCUT2D eigenvalue weighted by Gasteiger charge is -2.11. The minimum atomic E-state index is -1.13. The van der Waals surface area contributed by atoms with Gasteiger partial charge in [0.15, 0.2) is 5.82 Å². The number of carbonyl (C=O) groups is 1. The summed E-state index contributed by atoms with van der Waals surface area (Å²) in [6.07, 6.45) is -0.0142. The summed E-state index contributed by atoms with van der Waals surface area (Å²) < 4.78 is 1.67. The molecule has 3 N–H and O–H groups in total. The first-order valence-electron chi connectivity index (χ1n) is 7.12. The molecule has 0 aliphatic rings. The molecule has 0 radical (unpaired) electrons. The van der Waals surface area contributed by atoms with Crippen LogP contribution in [0, 0.1) is 10.1 Å². The van der Waals surface area contributed by atoms with Gasteiger partial charge < -0.3 is 15.4 Å². The second-order valence-electron chi connectivity index (χ2n) is 5.29. The molecule has 2 rings (SSSR count). The molecular formula is C13H15N5O7. The number of hydrogen-bond donors (Lipinski definition) is 3. The van der Waals surface area contributed by atoms with Crippen molar-refractivity contribution in [3.8, 4) is 0 Å². The van der Waals surface area contributed by atoms with Crippen molar-refractivity contribution in [2.45, 2.75) is 12.8 Å². The van der Waals surface area contributed by atoms with Crippen molar-refractivity contribution in [3.05, 3.63) is 41.2 Å². The van der Waals surface area contributed by atoms with Gasteiger partial charge in [0, 0.05) is 27.1 Å². The van der Waals surface area contributed by atoms with E-state index >= 15 is 0 Å². The molecule has 134 valence electrons. The van der Waals surface area contributed by atoms with Gasteiger partial charge in [-0.2, -0.15) is 0 Å². The summed E-state index contributed by atoms with van der Waals surface area (Å²) in [5.74, 6) is -1.33. The van der Waals surface area contributed by atoms with Crippen LogP contribution < -0.4 is 22.0 Å². The average molecular weight is 353 g/mol. The van der Waals surface area contributed by atoms with Crippen LogP contribution in [-0.2, 0) is 18.9 Å². The highest BCUT2D eigenvalue weighted by Crippen LogP contribution is 2.19. The number of nitrogens with zero attached hydrogens (tertiary/aromatic N) is 3. The Balaban J connectivity index is 2.70. The maximum atomic E-state index is 12.4. The van der Waals surface area contributed by atoms with Crippen LogP contribution in [0.2, 0.25) is 0 Å². The van der Waals surface area contributed by atoms with Gasteiger partial charge in [0.2, 0.25) is 0 Å². The Bertz CT molecular complexity index is 1050. The third kappa shape index (κ3) is 3.13. The first-order chi connectivity index (χ1) is 11.7. The number of rotatable bonds is 6. The lowest BCUT2D eigenvalue weighted by atomic mass is 10.2. The SMILES string of the molecule is Cn1c(=O)c2c(=O)c([N+](=O)[O-])c(NCCCC(=O)O)[nH]c2n(C)c1=O.